The Hall–Kier alpha value is -1.56. The molecule has 0 bridgehead atoms. The van der Waals surface area contributed by atoms with Crippen LogP contribution in [0.1, 0.15) is 90.9 Å². The van der Waals surface area contributed by atoms with Crippen molar-refractivity contribution in [3.05, 3.63) is 72.9 Å². The predicted molar refractivity (Wildman–Crippen MR) is 122 cm³/mol. The molecule has 0 aliphatic heterocycles. The molecule has 26 heavy (non-hydrogen) atoms. The molecule has 0 saturated heterocycles. The Morgan fingerprint density at radius 3 is 0.808 bits per heavy atom. The summed E-state index contributed by atoms with van der Waals surface area (Å²) >= 11 is 0. The van der Waals surface area contributed by atoms with Crippen LogP contribution in [0.3, 0.4) is 0 Å². The van der Waals surface area contributed by atoms with Gasteiger partial charge in [-0.1, -0.05) is 72.9 Å². The van der Waals surface area contributed by atoms with E-state index < -0.39 is 0 Å². The summed E-state index contributed by atoms with van der Waals surface area (Å²) in [5, 5.41) is 0. The van der Waals surface area contributed by atoms with Crippen LogP contribution in [0.15, 0.2) is 72.9 Å². The molecule has 0 saturated carbocycles. The van der Waals surface area contributed by atoms with Crippen molar-refractivity contribution in [2.45, 2.75) is 90.9 Å². The van der Waals surface area contributed by atoms with Gasteiger partial charge in [-0.2, -0.15) is 0 Å². The zero-order valence-corrected chi connectivity index (χ0v) is 17.4. The summed E-state index contributed by atoms with van der Waals surface area (Å²) in [7, 11) is 0. The van der Waals surface area contributed by atoms with Gasteiger partial charge < -0.3 is 0 Å². The van der Waals surface area contributed by atoms with Gasteiger partial charge in [-0.15, -0.1) is 0 Å². The molecule has 0 nitrogen and oxygen atoms in total. The highest BCUT2D eigenvalue weighted by molar-refractivity contribution is 4.92. The Bertz CT molecular complexity index is 429. The third-order valence-corrected chi connectivity index (χ3v) is 4.13. The minimum Gasteiger partial charge on any atom is -0.0917 e. The van der Waals surface area contributed by atoms with Crippen molar-refractivity contribution >= 4 is 0 Å². The number of rotatable bonds is 17. The first-order valence-corrected chi connectivity index (χ1v) is 10.7. The van der Waals surface area contributed by atoms with Crippen LogP contribution in [-0.4, -0.2) is 0 Å². The van der Waals surface area contributed by atoms with Gasteiger partial charge >= 0.3 is 0 Å². The minimum absolute atomic E-state index is 1.17. The van der Waals surface area contributed by atoms with Gasteiger partial charge in [0, 0.05) is 0 Å². The molecule has 0 heterocycles. The Balaban J connectivity index is 3.32. The molecule has 0 amide bonds. The second-order valence-corrected chi connectivity index (χ2v) is 6.62. The molecule has 0 aromatic heterocycles. The fourth-order valence-corrected chi connectivity index (χ4v) is 2.57. The Morgan fingerprint density at radius 2 is 0.538 bits per heavy atom. The molecule has 0 heteroatoms. The maximum Gasteiger partial charge on any atom is -0.0316 e. The van der Waals surface area contributed by atoms with Gasteiger partial charge in [0.2, 0.25) is 0 Å². The van der Waals surface area contributed by atoms with Crippen molar-refractivity contribution in [2.75, 3.05) is 0 Å². The van der Waals surface area contributed by atoms with Gasteiger partial charge in [0.1, 0.15) is 0 Å². The van der Waals surface area contributed by atoms with Crippen LogP contribution in [0, 0.1) is 0 Å². The first-order chi connectivity index (χ1) is 12.9. The molecule has 0 N–H and O–H groups in total. The van der Waals surface area contributed by atoms with E-state index in [2.05, 4.69) is 86.8 Å². The molecule has 0 rings (SSSR count). The summed E-state index contributed by atoms with van der Waals surface area (Å²) in [5.74, 6) is 0. The second kappa shape index (κ2) is 23.4. The Morgan fingerprint density at radius 1 is 0.308 bits per heavy atom. The van der Waals surface area contributed by atoms with Gasteiger partial charge in [0.15, 0.2) is 0 Å². The normalized spacial score (nSPS) is 13.2. The van der Waals surface area contributed by atoms with E-state index >= 15 is 0 Å². The van der Waals surface area contributed by atoms with Crippen LogP contribution in [0.4, 0.5) is 0 Å². The molecule has 0 radical (unpaired) electrons. The predicted octanol–water partition coefficient (Wildman–Crippen LogP) is 9.04. The van der Waals surface area contributed by atoms with Crippen molar-refractivity contribution in [2.24, 2.45) is 0 Å². The van der Waals surface area contributed by atoms with Gasteiger partial charge in [0.05, 0.1) is 0 Å². The maximum atomic E-state index is 2.36. The van der Waals surface area contributed by atoms with E-state index in [4.69, 9.17) is 0 Å². The molecule has 0 atom stereocenters. The average molecular weight is 355 g/mol. The van der Waals surface area contributed by atoms with E-state index in [1.54, 1.807) is 0 Å². The molecule has 0 spiro atoms. The summed E-state index contributed by atoms with van der Waals surface area (Å²) < 4.78 is 0. The van der Waals surface area contributed by atoms with Gasteiger partial charge in [0.25, 0.3) is 0 Å². The lowest BCUT2D eigenvalue weighted by molar-refractivity contribution is 0.758. The fourth-order valence-electron chi connectivity index (χ4n) is 2.57. The summed E-state index contributed by atoms with van der Waals surface area (Å²) in [4.78, 5) is 0. The first kappa shape index (κ1) is 24.4. The van der Waals surface area contributed by atoms with Crippen molar-refractivity contribution in [1.29, 1.82) is 0 Å². The van der Waals surface area contributed by atoms with Crippen LogP contribution >= 0.6 is 0 Å². The SMILES string of the molecule is CC=CCCC=CCCC=CCCC=CCCCCC=CCCC=CC. The molecule has 146 valence electrons. The summed E-state index contributed by atoms with van der Waals surface area (Å²) in [6, 6.07) is 0. The lowest BCUT2D eigenvalue weighted by Crippen LogP contribution is -1.73. The van der Waals surface area contributed by atoms with Crippen molar-refractivity contribution in [3.63, 3.8) is 0 Å². The van der Waals surface area contributed by atoms with Crippen LogP contribution in [0.25, 0.3) is 0 Å². The standard InChI is InChI=1S/C26H42/c1-3-5-7-9-11-13-15-17-19-21-23-25-26-24-22-20-18-16-14-12-10-8-6-4-2/h3-6,11-14,19,21,24,26H,7-10,15-18,20,22-23,25H2,1-2H3. The Kier molecular flexibility index (Phi) is 22.0. The maximum absolute atomic E-state index is 2.36. The van der Waals surface area contributed by atoms with Crippen LogP contribution in [-0.2, 0) is 0 Å². The van der Waals surface area contributed by atoms with Crippen LogP contribution in [0.2, 0.25) is 0 Å². The molecule has 0 aromatic rings. The largest absolute Gasteiger partial charge is 0.0917 e. The molecule has 0 unspecified atom stereocenters. The van der Waals surface area contributed by atoms with E-state index in [-0.39, 0.29) is 0 Å². The Labute approximate surface area is 164 Å². The topological polar surface area (TPSA) is 0 Å². The van der Waals surface area contributed by atoms with Crippen molar-refractivity contribution in [1.82, 2.24) is 0 Å². The van der Waals surface area contributed by atoms with Crippen molar-refractivity contribution < 1.29 is 0 Å². The van der Waals surface area contributed by atoms with E-state index in [0.717, 1.165) is 0 Å². The zero-order chi connectivity index (χ0) is 19.0. The third kappa shape index (κ3) is 22.4. The monoisotopic (exact) mass is 354 g/mol. The first-order valence-electron chi connectivity index (χ1n) is 10.7. The van der Waals surface area contributed by atoms with Gasteiger partial charge in [-0.05, 0) is 90.9 Å². The molecule has 0 aliphatic carbocycles. The molecular formula is C26H42. The molecule has 0 fully saturated rings. The van der Waals surface area contributed by atoms with Crippen LogP contribution < -0.4 is 0 Å². The summed E-state index contributed by atoms with van der Waals surface area (Å²) in [5.41, 5.74) is 0. The fraction of sp³-hybridized carbons (Fsp3) is 0.538. The zero-order valence-electron chi connectivity index (χ0n) is 17.4. The van der Waals surface area contributed by atoms with Crippen LogP contribution in [0.5, 0.6) is 0 Å². The van der Waals surface area contributed by atoms with Crippen molar-refractivity contribution in [3.8, 4) is 0 Å². The van der Waals surface area contributed by atoms with E-state index in [1.807, 2.05) is 0 Å². The van der Waals surface area contributed by atoms with E-state index in [0.29, 0.717) is 0 Å². The lowest BCUT2D eigenvalue weighted by Gasteiger charge is -1.94. The number of unbranched alkanes of at least 4 members (excludes halogenated alkanes) is 7. The second-order valence-electron chi connectivity index (χ2n) is 6.62. The third-order valence-electron chi connectivity index (χ3n) is 4.13. The molecule has 0 aromatic carbocycles. The number of allylic oxidation sites excluding steroid dienone is 12. The lowest BCUT2D eigenvalue weighted by atomic mass is 10.1. The molecular weight excluding hydrogens is 312 g/mol. The quantitative estimate of drug-likeness (QED) is 0.180. The highest BCUT2D eigenvalue weighted by Crippen LogP contribution is 2.05. The highest BCUT2D eigenvalue weighted by Gasteiger charge is 1.84. The van der Waals surface area contributed by atoms with E-state index in [9.17, 15) is 0 Å². The summed E-state index contributed by atoms with van der Waals surface area (Å²) in [6.07, 6.45) is 41.8. The highest BCUT2D eigenvalue weighted by atomic mass is 13.9. The number of hydrogen-bond donors (Lipinski definition) is 0. The van der Waals surface area contributed by atoms with Gasteiger partial charge in [-0.25, -0.2) is 0 Å². The number of hydrogen-bond acceptors (Lipinski definition) is 0. The smallest absolute Gasteiger partial charge is 0.0316 e. The van der Waals surface area contributed by atoms with E-state index in [1.165, 1.54) is 77.0 Å². The van der Waals surface area contributed by atoms with Gasteiger partial charge in [-0.3, -0.25) is 0 Å². The molecule has 0 aliphatic rings. The average Bonchev–Trinajstić information content (AvgIpc) is 2.66. The minimum atomic E-state index is 1.17. The summed E-state index contributed by atoms with van der Waals surface area (Å²) in [6.45, 7) is 4.16.